The minimum absolute atomic E-state index is 0.105. The van der Waals surface area contributed by atoms with Gasteiger partial charge in [0.1, 0.15) is 5.75 Å². The van der Waals surface area contributed by atoms with Gasteiger partial charge in [-0.05, 0) is 29.8 Å². The van der Waals surface area contributed by atoms with Crippen LogP contribution in [0.5, 0.6) is 5.75 Å². The number of nitrogens with one attached hydrogen (secondary N) is 1. The minimum atomic E-state index is -0.204. The summed E-state index contributed by atoms with van der Waals surface area (Å²) in [5, 5.41) is 3.44. The van der Waals surface area contributed by atoms with Gasteiger partial charge >= 0.3 is 6.03 Å². The van der Waals surface area contributed by atoms with Crippen molar-refractivity contribution in [2.24, 2.45) is 0 Å². The van der Waals surface area contributed by atoms with Gasteiger partial charge in [-0.3, -0.25) is 10.1 Å². The lowest BCUT2D eigenvalue weighted by Gasteiger charge is -2.33. The quantitative estimate of drug-likeness (QED) is 0.649. The number of hydrogen-bond donors (Lipinski definition) is 1. The number of ether oxygens (including phenoxy) is 1. The predicted molar refractivity (Wildman–Crippen MR) is 119 cm³/mol. The molecule has 0 saturated carbocycles. The molecule has 1 saturated heterocycles. The molecule has 1 aromatic heterocycles. The molecule has 3 aromatic rings. The van der Waals surface area contributed by atoms with E-state index in [0.29, 0.717) is 31.3 Å². The number of carbonyl (C=O) groups is 2. The van der Waals surface area contributed by atoms with E-state index in [2.05, 4.69) is 22.9 Å². The van der Waals surface area contributed by atoms with Crippen LogP contribution in [-0.4, -0.2) is 60.0 Å². The number of piperazine rings is 1. The number of anilines is 1. The molecule has 0 aliphatic carbocycles. The van der Waals surface area contributed by atoms with Gasteiger partial charge in [-0.15, -0.1) is 0 Å². The maximum Gasteiger partial charge on any atom is 0.323 e. The van der Waals surface area contributed by atoms with Gasteiger partial charge < -0.3 is 14.5 Å². The van der Waals surface area contributed by atoms with E-state index in [9.17, 15) is 9.59 Å². The van der Waals surface area contributed by atoms with Crippen LogP contribution in [0.1, 0.15) is 0 Å². The van der Waals surface area contributed by atoms with Crippen molar-refractivity contribution < 1.29 is 14.3 Å². The molecule has 4 rings (SSSR count). The molecule has 8 heteroatoms. The molecule has 2 aromatic carbocycles. The Hall–Kier alpha value is -3.39. The summed E-state index contributed by atoms with van der Waals surface area (Å²) in [4.78, 5) is 32.2. The first kappa shape index (κ1) is 19.9. The predicted octanol–water partition coefficient (Wildman–Crippen LogP) is 3.83. The smallest absolute Gasteiger partial charge is 0.323 e. The van der Waals surface area contributed by atoms with E-state index in [1.54, 1.807) is 16.9 Å². The van der Waals surface area contributed by atoms with Crippen molar-refractivity contribution in [1.82, 2.24) is 14.8 Å². The summed E-state index contributed by atoms with van der Waals surface area (Å²) in [7, 11) is 1.66. The van der Waals surface area contributed by atoms with Gasteiger partial charge in [-0.1, -0.05) is 42.2 Å². The number of thiazole rings is 1. The third-order valence-electron chi connectivity index (χ3n) is 5.07. The van der Waals surface area contributed by atoms with Crippen LogP contribution in [0.2, 0.25) is 0 Å². The number of methoxy groups -OCH3 is 1. The van der Waals surface area contributed by atoms with Crippen LogP contribution >= 0.6 is 11.3 Å². The number of hydrogen-bond acceptors (Lipinski definition) is 5. The molecule has 154 valence electrons. The maximum absolute atomic E-state index is 12.6. The van der Waals surface area contributed by atoms with Crippen LogP contribution in [-0.2, 0) is 4.79 Å². The Bertz CT molecular complexity index is 1100. The van der Waals surface area contributed by atoms with Crippen molar-refractivity contribution in [2.75, 3.05) is 38.6 Å². The molecule has 0 atom stereocenters. The van der Waals surface area contributed by atoms with Crippen LogP contribution in [0.4, 0.5) is 9.93 Å². The highest BCUT2D eigenvalue weighted by atomic mass is 32.1. The summed E-state index contributed by atoms with van der Waals surface area (Å²) in [6.45, 7) is 5.47. The zero-order valence-electron chi connectivity index (χ0n) is 16.6. The molecule has 1 N–H and O–H groups in total. The first-order chi connectivity index (χ1) is 14.6. The summed E-state index contributed by atoms with van der Waals surface area (Å²) in [5.41, 5.74) is 2.87. The van der Waals surface area contributed by atoms with E-state index in [-0.39, 0.29) is 11.9 Å². The Kier molecular flexibility index (Phi) is 5.67. The van der Waals surface area contributed by atoms with E-state index < -0.39 is 0 Å². The molecule has 0 unspecified atom stereocenters. The Labute approximate surface area is 178 Å². The van der Waals surface area contributed by atoms with Crippen LogP contribution in [0, 0.1) is 0 Å². The zero-order valence-corrected chi connectivity index (χ0v) is 17.4. The van der Waals surface area contributed by atoms with E-state index >= 15 is 0 Å². The summed E-state index contributed by atoms with van der Waals surface area (Å²) >= 11 is 1.43. The van der Waals surface area contributed by atoms with E-state index in [4.69, 9.17) is 4.74 Å². The molecule has 1 aliphatic heterocycles. The lowest BCUT2D eigenvalue weighted by Crippen LogP contribution is -2.51. The highest BCUT2D eigenvalue weighted by Gasteiger charge is 2.23. The van der Waals surface area contributed by atoms with Crippen molar-refractivity contribution >= 4 is 38.6 Å². The van der Waals surface area contributed by atoms with Crippen molar-refractivity contribution in [2.45, 2.75) is 0 Å². The second-order valence-electron chi connectivity index (χ2n) is 6.85. The molecular formula is C22H22N4O3S. The molecule has 2 heterocycles. The third kappa shape index (κ3) is 3.99. The van der Waals surface area contributed by atoms with Crippen molar-refractivity contribution in [1.29, 1.82) is 0 Å². The minimum Gasteiger partial charge on any atom is -0.496 e. The average Bonchev–Trinajstić information content (AvgIpc) is 3.19. The number of rotatable bonds is 4. The van der Waals surface area contributed by atoms with Crippen LogP contribution in [0.3, 0.4) is 0 Å². The topological polar surface area (TPSA) is 74.8 Å². The molecule has 0 radical (unpaired) electrons. The van der Waals surface area contributed by atoms with Gasteiger partial charge in [0, 0.05) is 31.7 Å². The fraction of sp³-hybridized carbons (Fsp3) is 0.227. The molecular weight excluding hydrogens is 400 g/mol. The maximum atomic E-state index is 12.6. The summed E-state index contributed by atoms with van der Waals surface area (Å²) in [6, 6.07) is 13.7. The van der Waals surface area contributed by atoms with Crippen molar-refractivity contribution in [3.05, 3.63) is 55.1 Å². The molecule has 0 bridgehead atoms. The Morgan fingerprint density at radius 1 is 1.13 bits per heavy atom. The van der Waals surface area contributed by atoms with Crippen LogP contribution in [0.15, 0.2) is 55.1 Å². The summed E-state index contributed by atoms with van der Waals surface area (Å²) in [5.74, 6) is 0.705. The van der Waals surface area contributed by atoms with Crippen LogP contribution in [0.25, 0.3) is 21.3 Å². The third-order valence-corrected chi connectivity index (χ3v) is 6.01. The van der Waals surface area contributed by atoms with Crippen molar-refractivity contribution in [3.8, 4) is 16.9 Å². The number of para-hydroxylation sites is 1. The highest BCUT2D eigenvalue weighted by Crippen LogP contribution is 2.34. The van der Waals surface area contributed by atoms with Gasteiger partial charge in [0.2, 0.25) is 5.91 Å². The SMILES string of the molecule is C=CC(=O)N1CCN(C(=O)Nc2nc3ccc(-c4ccccc4OC)cc3s2)CC1. The second-order valence-corrected chi connectivity index (χ2v) is 7.88. The number of urea groups is 1. The first-order valence-electron chi connectivity index (χ1n) is 9.60. The number of nitrogens with zero attached hydrogens (tertiary/aromatic N) is 3. The molecule has 1 fully saturated rings. The number of benzene rings is 2. The lowest BCUT2D eigenvalue weighted by atomic mass is 10.0. The molecule has 0 spiro atoms. The Morgan fingerprint density at radius 3 is 2.60 bits per heavy atom. The number of aromatic nitrogens is 1. The monoisotopic (exact) mass is 422 g/mol. The molecule has 1 aliphatic rings. The fourth-order valence-corrected chi connectivity index (χ4v) is 4.35. The molecule has 7 nitrogen and oxygen atoms in total. The second kappa shape index (κ2) is 8.54. The van der Waals surface area contributed by atoms with E-state index in [1.807, 2.05) is 36.4 Å². The molecule has 3 amide bonds. The number of carbonyl (C=O) groups excluding carboxylic acids is 2. The standard InChI is InChI=1S/C22H22N4O3S/c1-3-20(27)25-10-12-26(13-11-25)22(28)24-21-23-17-9-8-15(14-19(17)30-21)16-6-4-5-7-18(16)29-2/h3-9,14H,1,10-13H2,2H3,(H,23,24,28). The average molecular weight is 423 g/mol. The lowest BCUT2D eigenvalue weighted by molar-refractivity contribution is -0.127. The molecule has 30 heavy (non-hydrogen) atoms. The Morgan fingerprint density at radius 2 is 1.87 bits per heavy atom. The van der Waals surface area contributed by atoms with Gasteiger partial charge in [-0.25, -0.2) is 9.78 Å². The van der Waals surface area contributed by atoms with E-state index in [1.165, 1.54) is 17.4 Å². The normalized spacial score (nSPS) is 13.9. The highest BCUT2D eigenvalue weighted by molar-refractivity contribution is 7.22. The first-order valence-corrected chi connectivity index (χ1v) is 10.4. The summed E-state index contributed by atoms with van der Waals surface area (Å²) in [6.07, 6.45) is 1.30. The Balaban J connectivity index is 1.47. The summed E-state index contributed by atoms with van der Waals surface area (Å²) < 4.78 is 6.44. The van der Waals surface area contributed by atoms with Gasteiger partial charge in [0.25, 0.3) is 0 Å². The van der Waals surface area contributed by atoms with Gasteiger partial charge in [0.15, 0.2) is 5.13 Å². The zero-order chi connectivity index (χ0) is 21.1. The van der Waals surface area contributed by atoms with Gasteiger partial charge in [-0.2, -0.15) is 0 Å². The van der Waals surface area contributed by atoms with Gasteiger partial charge in [0.05, 0.1) is 17.3 Å². The number of fused-ring (bicyclic) bond motifs is 1. The number of amides is 3. The van der Waals surface area contributed by atoms with E-state index in [0.717, 1.165) is 27.1 Å². The fourth-order valence-electron chi connectivity index (χ4n) is 3.46. The van der Waals surface area contributed by atoms with Crippen LogP contribution < -0.4 is 10.1 Å². The van der Waals surface area contributed by atoms with Crippen molar-refractivity contribution in [3.63, 3.8) is 0 Å². The largest absolute Gasteiger partial charge is 0.496 e.